The molecule has 1 N–H and O–H groups in total. The van der Waals surface area contributed by atoms with Crippen molar-refractivity contribution in [3.63, 3.8) is 0 Å². The van der Waals surface area contributed by atoms with Gasteiger partial charge in [-0.2, -0.15) is 5.26 Å². The van der Waals surface area contributed by atoms with Crippen molar-refractivity contribution in [3.8, 4) is 6.07 Å². The van der Waals surface area contributed by atoms with Gasteiger partial charge in [0.1, 0.15) is 11.6 Å². The van der Waals surface area contributed by atoms with E-state index in [9.17, 15) is 5.11 Å². The third-order valence-corrected chi connectivity index (χ3v) is 2.87. The molecule has 1 aromatic carbocycles. The lowest BCUT2D eigenvalue weighted by atomic mass is 9.93. The van der Waals surface area contributed by atoms with Gasteiger partial charge in [-0.15, -0.1) is 0 Å². The molecule has 3 heteroatoms. The molecule has 0 saturated carbocycles. The molecule has 72 valence electrons. The van der Waals surface area contributed by atoms with Gasteiger partial charge in [-0.1, -0.05) is 18.2 Å². The third kappa shape index (κ3) is 0.948. The molecule has 1 aromatic rings. The fourth-order valence-electron chi connectivity index (χ4n) is 2.08. The van der Waals surface area contributed by atoms with Crippen molar-refractivity contribution < 1.29 is 5.11 Å². The summed E-state index contributed by atoms with van der Waals surface area (Å²) in [6.45, 7) is 1.68. The van der Waals surface area contributed by atoms with Crippen molar-refractivity contribution in [2.24, 2.45) is 0 Å². The minimum atomic E-state index is -1.07. The fourth-order valence-corrected chi connectivity index (χ4v) is 2.08. The molecule has 0 spiro atoms. The van der Waals surface area contributed by atoms with Crippen molar-refractivity contribution >= 4 is 5.69 Å². The Balaban J connectivity index is 2.62. The second kappa shape index (κ2) is 2.73. The summed E-state index contributed by atoms with van der Waals surface area (Å²) >= 11 is 0. The quantitative estimate of drug-likeness (QED) is 0.666. The molecular weight excluding hydrogens is 176 g/mol. The van der Waals surface area contributed by atoms with Gasteiger partial charge >= 0.3 is 0 Å². The number of aliphatic hydroxyl groups is 1. The summed E-state index contributed by atoms with van der Waals surface area (Å²) in [6.07, 6.45) is 0. The number of nitrogens with zero attached hydrogens (tertiary/aromatic N) is 2. The Bertz CT molecular complexity index is 406. The van der Waals surface area contributed by atoms with Gasteiger partial charge in [0.15, 0.2) is 0 Å². The highest BCUT2D eigenvalue weighted by Gasteiger charge is 2.45. The zero-order valence-corrected chi connectivity index (χ0v) is 8.23. The monoisotopic (exact) mass is 188 g/mol. The Kier molecular flexibility index (Phi) is 1.76. The van der Waals surface area contributed by atoms with Crippen LogP contribution < -0.4 is 4.90 Å². The van der Waals surface area contributed by atoms with Crippen LogP contribution in [0.1, 0.15) is 12.5 Å². The van der Waals surface area contributed by atoms with Gasteiger partial charge in [0.05, 0.1) is 6.07 Å². The number of rotatable bonds is 0. The first-order valence-electron chi connectivity index (χ1n) is 4.53. The van der Waals surface area contributed by atoms with E-state index in [2.05, 4.69) is 6.07 Å². The van der Waals surface area contributed by atoms with Crippen molar-refractivity contribution in [3.05, 3.63) is 29.8 Å². The van der Waals surface area contributed by atoms with Crippen LogP contribution in [0.15, 0.2) is 24.3 Å². The Morgan fingerprint density at radius 3 is 2.71 bits per heavy atom. The Hall–Kier alpha value is -1.53. The average Bonchev–Trinajstić information content (AvgIpc) is 2.36. The molecule has 2 rings (SSSR count). The van der Waals surface area contributed by atoms with Crippen molar-refractivity contribution in [1.82, 2.24) is 0 Å². The molecule has 3 nitrogen and oxygen atoms in total. The zero-order valence-electron chi connectivity index (χ0n) is 8.23. The number of para-hydroxylation sites is 1. The van der Waals surface area contributed by atoms with Crippen LogP contribution in [0.2, 0.25) is 0 Å². The van der Waals surface area contributed by atoms with E-state index < -0.39 is 11.6 Å². The lowest BCUT2D eigenvalue weighted by Crippen LogP contribution is -2.39. The van der Waals surface area contributed by atoms with E-state index in [0.717, 1.165) is 11.3 Å². The molecule has 1 aliphatic heterocycles. The summed E-state index contributed by atoms with van der Waals surface area (Å²) in [6, 6.07) is 9.19. The van der Waals surface area contributed by atoms with Gasteiger partial charge in [0.25, 0.3) is 0 Å². The minimum Gasteiger partial charge on any atom is -0.382 e. The van der Waals surface area contributed by atoms with E-state index in [1.807, 2.05) is 36.2 Å². The molecule has 0 aliphatic carbocycles. The molecule has 0 aromatic heterocycles. The maximum absolute atomic E-state index is 10.2. The smallest absolute Gasteiger partial charge is 0.149 e. The lowest BCUT2D eigenvalue weighted by Gasteiger charge is -2.24. The van der Waals surface area contributed by atoms with Crippen LogP contribution in [-0.4, -0.2) is 18.2 Å². The number of benzene rings is 1. The van der Waals surface area contributed by atoms with Gasteiger partial charge in [-0.3, -0.25) is 0 Å². The van der Waals surface area contributed by atoms with E-state index >= 15 is 0 Å². The predicted molar refractivity (Wildman–Crippen MR) is 53.8 cm³/mol. The lowest BCUT2D eigenvalue weighted by molar-refractivity contribution is 0.0555. The van der Waals surface area contributed by atoms with Gasteiger partial charge < -0.3 is 10.0 Å². The van der Waals surface area contributed by atoms with E-state index in [1.54, 1.807) is 6.92 Å². The van der Waals surface area contributed by atoms with E-state index in [4.69, 9.17) is 5.26 Å². The summed E-state index contributed by atoms with van der Waals surface area (Å²) in [7, 11) is 1.83. The minimum absolute atomic E-state index is 0.500. The highest BCUT2D eigenvalue weighted by Crippen LogP contribution is 2.42. The first-order valence-corrected chi connectivity index (χ1v) is 4.53. The van der Waals surface area contributed by atoms with Crippen LogP contribution in [0.3, 0.4) is 0 Å². The molecule has 0 bridgehead atoms. The first kappa shape index (κ1) is 9.04. The van der Waals surface area contributed by atoms with Gasteiger partial charge in [0.2, 0.25) is 0 Å². The molecule has 0 saturated heterocycles. The predicted octanol–water partition coefficient (Wildman–Crippen LogP) is 1.24. The van der Waals surface area contributed by atoms with E-state index in [0.29, 0.717) is 0 Å². The molecule has 2 unspecified atom stereocenters. The molecule has 1 heterocycles. The molecular formula is C11H12N2O. The van der Waals surface area contributed by atoms with Crippen molar-refractivity contribution in [2.45, 2.75) is 18.6 Å². The normalized spacial score (nSPS) is 29.9. The SMILES string of the molecule is CN1c2ccccc2C(C)(O)C1C#N. The summed E-state index contributed by atoms with van der Waals surface area (Å²) in [5.41, 5.74) is 0.693. The second-order valence-electron chi connectivity index (χ2n) is 3.81. The Labute approximate surface area is 83.2 Å². The standard InChI is InChI=1S/C11H12N2O/c1-11(14)8-5-3-4-6-9(8)13(2)10(11)7-12/h3-6,10,14H,1-2H3. The average molecular weight is 188 g/mol. The Morgan fingerprint density at radius 2 is 2.14 bits per heavy atom. The number of nitriles is 1. The molecule has 0 amide bonds. The van der Waals surface area contributed by atoms with Crippen LogP contribution >= 0.6 is 0 Å². The number of anilines is 1. The summed E-state index contributed by atoms with van der Waals surface area (Å²) in [4.78, 5) is 1.81. The maximum Gasteiger partial charge on any atom is 0.149 e. The Morgan fingerprint density at radius 1 is 1.50 bits per heavy atom. The van der Waals surface area contributed by atoms with Gasteiger partial charge in [0, 0.05) is 18.3 Å². The van der Waals surface area contributed by atoms with E-state index in [-0.39, 0.29) is 0 Å². The zero-order chi connectivity index (χ0) is 10.3. The second-order valence-corrected chi connectivity index (χ2v) is 3.81. The summed E-state index contributed by atoms with van der Waals surface area (Å²) < 4.78 is 0. The first-order chi connectivity index (χ1) is 6.59. The summed E-state index contributed by atoms with van der Waals surface area (Å²) in [5.74, 6) is 0. The number of likely N-dealkylation sites (N-methyl/N-ethyl adjacent to an activating group) is 1. The highest BCUT2D eigenvalue weighted by atomic mass is 16.3. The molecule has 0 fully saturated rings. The van der Waals surface area contributed by atoms with Crippen LogP contribution in [0.4, 0.5) is 5.69 Å². The fraction of sp³-hybridized carbons (Fsp3) is 0.364. The van der Waals surface area contributed by atoms with Gasteiger partial charge in [-0.05, 0) is 13.0 Å². The maximum atomic E-state index is 10.2. The van der Waals surface area contributed by atoms with Crippen molar-refractivity contribution in [2.75, 3.05) is 11.9 Å². The van der Waals surface area contributed by atoms with Crippen LogP contribution in [-0.2, 0) is 5.60 Å². The topological polar surface area (TPSA) is 47.3 Å². The molecule has 0 radical (unpaired) electrons. The molecule has 1 aliphatic rings. The van der Waals surface area contributed by atoms with Crippen LogP contribution in [0.25, 0.3) is 0 Å². The number of fused-ring (bicyclic) bond motifs is 1. The highest BCUT2D eigenvalue weighted by molar-refractivity contribution is 5.64. The van der Waals surface area contributed by atoms with Crippen molar-refractivity contribution in [1.29, 1.82) is 5.26 Å². The van der Waals surface area contributed by atoms with E-state index in [1.165, 1.54) is 0 Å². The largest absolute Gasteiger partial charge is 0.382 e. The summed E-state index contributed by atoms with van der Waals surface area (Å²) in [5, 5.41) is 19.2. The third-order valence-electron chi connectivity index (χ3n) is 2.87. The molecule has 2 atom stereocenters. The number of hydrogen-bond acceptors (Lipinski definition) is 3. The van der Waals surface area contributed by atoms with Gasteiger partial charge in [-0.25, -0.2) is 0 Å². The van der Waals surface area contributed by atoms with Crippen LogP contribution in [0.5, 0.6) is 0 Å². The van der Waals surface area contributed by atoms with Crippen LogP contribution in [0, 0.1) is 11.3 Å². The molecule has 14 heavy (non-hydrogen) atoms. The number of hydrogen-bond donors (Lipinski definition) is 1.